The van der Waals surface area contributed by atoms with Crippen LogP contribution < -0.4 is 10.6 Å². The molecule has 19 heavy (non-hydrogen) atoms. The summed E-state index contributed by atoms with van der Waals surface area (Å²) in [6, 6.07) is -0.302. The van der Waals surface area contributed by atoms with Crippen molar-refractivity contribution >= 4 is 17.9 Å². The van der Waals surface area contributed by atoms with Crippen LogP contribution in [0.1, 0.15) is 25.7 Å². The fourth-order valence-corrected chi connectivity index (χ4v) is 2.04. The molecule has 3 amide bonds. The molecular formula is C12H21N3O4. The summed E-state index contributed by atoms with van der Waals surface area (Å²) in [5.41, 5.74) is 0. The van der Waals surface area contributed by atoms with Crippen LogP contribution in [0.4, 0.5) is 4.79 Å². The molecule has 0 heterocycles. The minimum Gasteiger partial charge on any atom is -0.468 e. The van der Waals surface area contributed by atoms with Crippen LogP contribution in [0.15, 0.2) is 0 Å². The molecule has 0 aliphatic heterocycles. The lowest BCUT2D eigenvalue weighted by Crippen LogP contribution is -2.47. The molecule has 0 spiro atoms. The molecule has 0 bridgehead atoms. The number of nitrogens with zero attached hydrogens (tertiary/aromatic N) is 1. The second-order valence-corrected chi connectivity index (χ2v) is 4.75. The van der Waals surface area contributed by atoms with Gasteiger partial charge in [0.25, 0.3) is 0 Å². The highest BCUT2D eigenvalue weighted by Crippen LogP contribution is 2.17. The average Bonchev–Trinajstić information content (AvgIpc) is 2.80. The number of ether oxygens (including phenoxy) is 1. The second-order valence-electron chi connectivity index (χ2n) is 4.75. The first-order valence-corrected chi connectivity index (χ1v) is 6.37. The number of carbonyl (C=O) groups is 3. The van der Waals surface area contributed by atoms with Gasteiger partial charge in [-0.3, -0.25) is 19.8 Å². The lowest BCUT2D eigenvalue weighted by molar-refractivity contribution is -0.141. The molecule has 0 atom stereocenters. The van der Waals surface area contributed by atoms with E-state index in [4.69, 9.17) is 0 Å². The number of methoxy groups -OCH3 is 1. The van der Waals surface area contributed by atoms with Gasteiger partial charge in [0.1, 0.15) is 0 Å². The van der Waals surface area contributed by atoms with Gasteiger partial charge in [-0.2, -0.15) is 0 Å². The Kier molecular flexibility index (Phi) is 6.27. The molecule has 0 unspecified atom stereocenters. The molecular weight excluding hydrogens is 250 g/mol. The number of esters is 1. The van der Waals surface area contributed by atoms with Gasteiger partial charge in [-0.15, -0.1) is 0 Å². The monoisotopic (exact) mass is 271 g/mol. The van der Waals surface area contributed by atoms with Gasteiger partial charge in [-0.05, 0) is 19.9 Å². The quantitative estimate of drug-likeness (QED) is 0.680. The molecule has 7 heteroatoms. The Morgan fingerprint density at radius 2 is 1.84 bits per heavy atom. The SMILES string of the molecule is COC(=O)CN(C)CC(=O)NC(=O)NC1CCCC1. The molecule has 7 nitrogen and oxygen atoms in total. The number of hydrogen-bond donors (Lipinski definition) is 2. The third-order valence-electron chi connectivity index (χ3n) is 2.98. The minimum absolute atomic E-state index is 0.00810. The van der Waals surface area contributed by atoms with Crippen molar-refractivity contribution in [1.82, 2.24) is 15.5 Å². The number of likely N-dealkylation sites (N-methyl/N-ethyl adjacent to an activating group) is 1. The van der Waals surface area contributed by atoms with Gasteiger partial charge in [0.15, 0.2) is 0 Å². The summed E-state index contributed by atoms with van der Waals surface area (Å²) in [5, 5.41) is 5.00. The van der Waals surface area contributed by atoms with Crippen LogP contribution in [-0.2, 0) is 14.3 Å². The smallest absolute Gasteiger partial charge is 0.321 e. The van der Waals surface area contributed by atoms with E-state index < -0.39 is 17.9 Å². The topological polar surface area (TPSA) is 87.7 Å². The molecule has 0 radical (unpaired) electrons. The van der Waals surface area contributed by atoms with Crippen molar-refractivity contribution in [1.29, 1.82) is 0 Å². The number of rotatable bonds is 5. The Morgan fingerprint density at radius 3 is 2.42 bits per heavy atom. The zero-order chi connectivity index (χ0) is 14.3. The van der Waals surface area contributed by atoms with E-state index in [0.717, 1.165) is 25.7 Å². The van der Waals surface area contributed by atoms with E-state index in [-0.39, 0.29) is 19.1 Å². The second kappa shape index (κ2) is 7.73. The van der Waals surface area contributed by atoms with E-state index >= 15 is 0 Å². The van der Waals surface area contributed by atoms with Crippen molar-refractivity contribution in [3.63, 3.8) is 0 Å². The standard InChI is InChI=1S/C12H21N3O4/c1-15(8-11(17)19-2)7-10(16)14-12(18)13-9-5-3-4-6-9/h9H,3-8H2,1-2H3,(H2,13,14,16,18). The normalized spacial score (nSPS) is 15.3. The van der Waals surface area contributed by atoms with Gasteiger partial charge in [-0.25, -0.2) is 4.79 Å². The molecule has 108 valence electrons. The highest BCUT2D eigenvalue weighted by molar-refractivity contribution is 5.95. The van der Waals surface area contributed by atoms with Crippen LogP contribution >= 0.6 is 0 Å². The van der Waals surface area contributed by atoms with Gasteiger partial charge in [0.2, 0.25) is 5.91 Å². The van der Waals surface area contributed by atoms with Crippen LogP contribution in [0.25, 0.3) is 0 Å². The third-order valence-corrected chi connectivity index (χ3v) is 2.98. The molecule has 0 aromatic rings. The lowest BCUT2D eigenvalue weighted by Gasteiger charge is -2.16. The Bertz CT molecular complexity index is 340. The first-order chi connectivity index (χ1) is 9.01. The van der Waals surface area contributed by atoms with Crippen molar-refractivity contribution in [2.45, 2.75) is 31.7 Å². The Morgan fingerprint density at radius 1 is 1.21 bits per heavy atom. The first kappa shape index (κ1) is 15.4. The molecule has 0 aromatic carbocycles. The number of hydrogen-bond acceptors (Lipinski definition) is 5. The largest absolute Gasteiger partial charge is 0.468 e. The Hall–Kier alpha value is -1.63. The Labute approximate surface area is 112 Å². The summed E-state index contributed by atoms with van der Waals surface area (Å²) in [5.74, 6) is -0.868. The molecule has 1 rings (SSSR count). The lowest BCUT2D eigenvalue weighted by atomic mass is 10.2. The molecule has 1 fully saturated rings. The van der Waals surface area contributed by atoms with E-state index in [0.29, 0.717) is 0 Å². The van der Waals surface area contributed by atoms with Crippen molar-refractivity contribution in [3.05, 3.63) is 0 Å². The van der Waals surface area contributed by atoms with E-state index in [9.17, 15) is 14.4 Å². The maximum atomic E-state index is 11.5. The van der Waals surface area contributed by atoms with E-state index in [2.05, 4.69) is 15.4 Å². The zero-order valence-corrected chi connectivity index (χ0v) is 11.4. The van der Waals surface area contributed by atoms with Crippen LogP contribution in [-0.4, -0.2) is 56.1 Å². The van der Waals surface area contributed by atoms with Crippen LogP contribution in [0.2, 0.25) is 0 Å². The Balaban J connectivity index is 2.22. The summed E-state index contributed by atoms with van der Waals surface area (Å²) in [6.45, 7) is -0.0264. The summed E-state index contributed by atoms with van der Waals surface area (Å²) in [7, 11) is 2.89. The van der Waals surface area contributed by atoms with Gasteiger partial charge < -0.3 is 10.1 Å². The molecule has 1 aliphatic rings. The predicted molar refractivity (Wildman–Crippen MR) is 68.4 cm³/mol. The molecule has 1 aliphatic carbocycles. The van der Waals surface area contributed by atoms with Gasteiger partial charge >= 0.3 is 12.0 Å². The van der Waals surface area contributed by atoms with Gasteiger partial charge in [0.05, 0.1) is 20.2 Å². The first-order valence-electron chi connectivity index (χ1n) is 6.37. The maximum absolute atomic E-state index is 11.5. The highest BCUT2D eigenvalue weighted by Gasteiger charge is 2.18. The fraction of sp³-hybridized carbons (Fsp3) is 0.750. The molecule has 0 aromatic heterocycles. The van der Waals surface area contributed by atoms with Crippen molar-refractivity contribution < 1.29 is 19.1 Å². The minimum atomic E-state index is -0.469. The van der Waals surface area contributed by atoms with E-state index in [1.165, 1.54) is 12.0 Å². The summed E-state index contributed by atoms with van der Waals surface area (Å²) >= 11 is 0. The number of carbonyl (C=O) groups excluding carboxylic acids is 3. The van der Waals surface area contributed by atoms with Crippen molar-refractivity contribution in [3.8, 4) is 0 Å². The summed E-state index contributed by atoms with van der Waals surface area (Å²) < 4.78 is 4.48. The summed E-state index contributed by atoms with van der Waals surface area (Å²) in [4.78, 5) is 35.5. The number of nitrogens with one attached hydrogen (secondary N) is 2. The fourth-order valence-electron chi connectivity index (χ4n) is 2.04. The van der Waals surface area contributed by atoms with Crippen LogP contribution in [0, 0.1) is 0 Å². The molecule has 2 N–H and O–H groups in total. The van der Waals surface area contributed by atoms with Gasteiger partial charge in [0, 0.05) is 6.04 Å². The highest BCUT2D eigenvalue weighted by atomic mass is 16.5. The molecule has 0 saturated heterocycles. The maximum Gasteiger partial charge on any atom is 0.321 e. The third kappa shape index (κ3) is 6.19. The van der Waals surface area contributed by atoms with Crippen molar-refractivity contribution in [2.24, 2.45) is 0 Å². The van der Waals surface area contributed by atoms with E-state index in [1.54, 1.807) is 7.05 Å². The van der Waals surface area contributed by atoms with E-state index in [1.807, 2.05) is 0 Å². The number of imide groups is 1. The van der Waals surface area contributed by atoms with Crippen LogP contribution in [0.3, 0.4) is 0 Å². The van der Waals surface area contributed by atoms with Gasteiger partial charge in [-0.1, -0.05) is 12.8 Å². The number of amides is 3. The molecule has 1 saturated carbocycles. The summed E-state index contributed by atoms with van der Waals surface area (Å²) in [6.07, 6.45) is 4.15. The zero-order valence-electron chi connectivity index (χ0n) is 11.4. The average molecular weight is 271 g/mol. The van der Waals surface area contributed by atoms with Crippen LogP contribution in [0.5, 0.6) is 0 Å². The predicted octanol–water partition coefficient (Wildman–Crippen LogP) is -0.140. The van der Waals surface area contributed by atoms with Crippen molar-refractivity contribution in [2.75, 3.05) is 27.2 Å². The number of urea groups is 1.